The Morgan fingerprint density at radius 2 is 2.25 bits per heavy atom. The Balaban J connectivity index is 2.11. The molecule has 2 unspecified atom stereocenters. The number of carbonyl (C=O) groups is 1. The number of nitrogens with two attached hydrogens (primary N) is 1. The maximum Gasteiger partial charge on any atom is 0.225 e. The third-order valence-electron chi connectivity index (χ3n) is 4.06. The molecule has 1 aliphatic rings. The normalized spacial score (nSPS) is 20.1. The van der Waals surface area contributed by atoms with E-state index in [-0.39, 0.29) is 17.9 Å². The Morgan fingerprint density at radius 3 is 2.95 bits per heavy atom. The number of hydrogen-bond acceptors (Lipinski definition) is 2. The van der Waals surface area contributed by atoms with Gasteiger partial charge in [-0.15, -0.1) is 0 Å². The highest BCUT2D eigenvalue weighted by molar-refractivity contribution is 6.31. The van der Waals surface area contributed by atoms with Gasteiger partial charge in [0.15, 0.2) is 0 Å². The van der Waals surface area contributed by atoms with Crippen LogP contribution in [0, 0.1) is 5.92 Å². The fourth-order valence-electron chi connectivity index (χ4n) is 2.93. The van der Waals surface area contributed by atoms with E-state index >= 15 is 0 Å². The number of benzene rings is 1. The molecule has 0 saturated carbocycles. The van der Waals surface area contributed by atoms with Crippen LogP contribution in [0.4, 0.5) is 0 Å². The largest absolute Gasteiger partial charge is 0.335 e. The Labute approximate surface area is 126 Å². The second-order valence-corrected chi connectivity index (χ2v) is 5.95. The van der Waals surface area contributed by atoms with Gasteiger partial charge in [0, 0.05) is 17.5 Å². The van der Waals surface area contributed by atoms with Gasteiger partial charge in [-0.1, -0.05) is 36.7 Å². The number of halogens is 1. The molecule has 1 aliphatic heterocycles. The van der Waals surface area contributed by atoms with E-state index < -0.39 is 0 Å². The van der Waals surface area contributed by atoms with E-state index in [9.17, 15) is 4.79 Å². The van der Waals surface area contributed by atoms with Gasteiger partial charge in [0.1, 0.15) is 0 Å². The van der Waals surface area contributed by atoms with Crippen molar-refractivity contribution >= 4 is 17.5 Å². The van der Waals surface area contributed by atoms with Crippen molar-refractivity contribution < 1.29 is 4.79 Å². The van der Waals surface area contributed by atoms with Crippen LogP contribution in [0.5, 0.6) is 0 Å². The van der Waals surface area contributed by atoms with Gasteiger partial charge >= 0.3 is 0 Å². The van der Waals surface area contributed by atoms with Crippen LogP contribution in [-0.2, 0) is 4.79 Å². The van der Waals surface area contributed by atoms with Gasteiger partial charge in [0.2, 0.25) is 5.91 Å². The van der Waals surface area contributed by atoms with Crippen LogP contribution in [-0.4, -0.2) is 23.9 Å². The van der Waals surface area contributed by atoms with Gasteiger partial charge in [-0.2, -0.15) is 0 Å². The summed E-state index contributed by atoms with van der Waals surface area (Å²) < 4.78 is 0. The van der Waals surface area contributed by atoms with Gasteiger partial charge in [-0.05, 0) is 43.9 Å². The van der Waals surface area contributed by atoms with Crippen LogP contribution in [0.25, 0.3) is 0 Å². The first-order chi connectivity index (χ1) is 9.65. The highest BCUT2D eigenvalue weighted by atomic mass is 35.5. The lowest BCUT2D eigenvalue weighted by Crippen LogP contribution is -2.35. The summed E-state index contributed by atoms with van der Waals surface area (Å²) in [6.07, 6.45) is 3.81. The molecule has 3 nitrogen and oxygen atoms in total. The van der Waals surface area contributed by atoms with E-state index in [1.807, 2.05) is 36.1 Å². The molecule has 20 heavy (non-hydrogen) atoms. The van der Waals surface area contributed by atoms with Crippen molar-refractivity contribution in [3.05, 3.63) is 34.9 Å². The molecule has 4 heteroatoms. The lowest BCUT2D eigenvalue weighted by molar-refractivity contribution is -0.136. The second kappa shape index (κ2) is 7.09. The molecule has 0 aromatic heterocycles. The van der Waals surface area contributed by atoms with E-state index in [2.05, 4.69) is 0 Å². The van der Waals surface area contributed by atoms with Crippen molar-refractivity contribution in [3.63, 3.8) is 0 Å². The fraction of sp³-hybridized carbons (Fsp3) is 0.562. The molecule has 0 bridgehead atoms. The molecule has 110 valence electrons. The molecule has 2 rings (SSSR count). The van der Waals surface area contributed by atoms with Crippen LogP contribution in [0.1, 0.15) is 44.2 Å². The van der Waals surface area contributed by atoms with Crippen molar-refractivity contribution in [2.75, 3.05) is 13.1 Å². The van der Waals surface area contributed by atoms with Crippen LogP contribution in [0.2, 0.25) is 5.02 Å². The SMILES string of the molecule is CC(CCCN)C(=O)N1CCCC1c1ccccc1Cl. The Morgan fingerprint density at radius 1 is 1.50 bits per heavy atom. The standard InChI is InChI=1S/C16H23ClN2O/c1-12(6-4-10-18)16(20)19-11-5-9-15(19)13-7-2-3-8-14(13)17/h2-3,7-8,12,15H,4-6,9-11,18H2,1H3. The topological polar surface area (TPSA) is 46.3 Å². The van der Waals surface area contributed by atoms with Crippen molar-refractivity contribution in [2.24, 2.45) is 11.7 Å². The molecule has 0 radical (unpaired) electrons. The smallest absolute Gasteiger partial charge is 0.225 e. The number of nitrogens with zero attached hydrogens (tertiary/aromatic N) is 1. The predicted molar refractivity (Wildman–Crippen MR) is 82.6 cm³/mol. The third-order valence-corrected chi connectivity index (χ3v) is 4.41. The molecule has 0 aliphatic carbocycles. The quantitative estimate of drug-likeness (QED) is 0.905. The van der Waals surface area contributed by atoms with Crippen molar-refractivity contribution in [2.45, 2.75) is 38.6 Å². The van der Waals surface area contributed by atoms with Crippen molar-refractivity contribution in [1.29, 1.82) is 0 Å². The highest BCUT2D eigenvalue weighted by Crippen LogP contribution is 2.36. The minimum atomic E-state index is 0.0432. The first-order valence-corrected chi connectivity index (χ1v) is 7.78. The van der Waals surface area contributed by atoms with Crippen molar-refractivity contribution in [1.82, 2.24) is 4.90 Å². The molecule has 1 heterocycles. The summed E-state index contributed by atoms with van der Waals surface area (Å²) in [7, 11) is 0. The first-order valence-electron chi connectivity index (χ1n) is 7.40. The fourth-order valence-corrected chi connectivity index (χ4v) is 3.19. The van der Waals surface area contributed by atoms with E-state index in [1.165, 1.54) is 0 Å². The first kappa shape index (κ1) is 15.3. The summed E-state index contributed by atoms with van der Waals surface area (Å²) in [5.41, 5.74) is 6.60. The summed E-state index contributed by atoms with van der Waals surface area (Å²) in [6, 6.07) is 7.98. The summed E-state index contributed by atoms with van der Waals surface area (Å²) in [4.78, 5) is 14.6. The Kier molecular flexibility index (Phi) is 5.44. The molecule has 1 fully saturated rings. The molecular weight excluding hydrogens is 272 g/mol. The van der Waals surface area contributed by atoms with Crippen molar-refractivity contribution in [3.8, 4) is 0 Å². The van der Waals surface area contributed by atoms with E-state index in [0.717, 1.165) is 42.8 Å². The average molecular weight is 295 g/mol. The molecule has 0 spiro atoms. The lowest BCUT2D eigenvalue weighted by atomic mass is 10.0. The van der Waals surface area contributed by atoms with Crippen LogP contribution < -0.4 is 5.73 Å². The zero-order chi connectivity index (χ0) is 14.5. The average Bonchev–Trinajstić information content (AvgIpc) is 2.93. The zero-order valence-electron chi connectivity index (χ0n) is 12.0. The van der Waals surface area contributed by atoms with E-state index in [0.29, 0.717) is 6.54 Å². The van der Waals surface area contributed by atoms with Gasteiger partial charge in [-0.25, -0.2) is 0 Å². The second-order valence-electron chi connectivity index (χ2n) is 5.54. The molecule has 2 N–H and O–H groups in total. The Hall–Kier alpha value is -1.06. The number of hydrogen-bond donors (Lipinski definition) is 1. The molecule has 1 aromatic rings. The molecule has 1 amide bonds. The minimum Gasteiger partial charge on any atom is -0.335 e. The summed E-state index contributed by atoms with van der Waals surface area (Å²) >= 11 is 6.28. The lowest BCUT2D eigenvalue weighted by Gasteiger charge is -2.28. The number of amides is 1. The maximum atomic E-state index is 12.6. The van der Waals surface area contributed by atoms with Gasteiger partial charge in [0.25, 0.3) is 0 Å². The third kappa shape index (κ3) is 3.33. The number of likely N-dealkylation sites (tertiary alicyclic amines) is 1. The predicted octanol–water partition coefficient (Wildman–Crippen LogP) is 3.38. The number of carbonyl (C=O) groups excluding carboxylic acids is 1. The molecular formula is C16H23ClN2O. The highest BCUT2D eigenvalue weighted by Gasteiger charge is 2.32. The van der Waals surface area contributed by atoms with Crippen LogP contribution >= 0.6 is 11.6 Å². The Bertz CT molecular complexity index is 464. The minimum absolute atomic E-state index is 0.0432. The monoisotopic (exact) mass is 294 g/mol. The van der Waals surface area contributed by atoms with Gasteiger partial charge < -0.3 is 10.6 Å². The number of rotatable bonds is 5. The summed E-state index contributed by atoms with van der Waals surface area (Å²) in [5, 5.41) is 0.756. The van der Waals surface area contributed by atoms with Crippen LogP contribution in [0.15, 0.2) is 24.3 Å². The summed E-state index contributed by atoms with van der Waals surface area (Å²) in [6.45, 7) is 3.48. The van der Waals surface area contributed by atoms with Crippen LogP contribution in [0.3, 0.4) is 0 Å². The van der Waals surface area contributed by atoms with E-state index in [1.54, 1.807) is 0 Å². The molecule has 1 saturated heterocycles. The molecule has 1 aromatic carbocycles. The maximum absolute atomic E-state index is 12.6. The van der Waals surface area contributed by atoms with E-state index in [4.69, 9.17) is 17.3 Å². The van der Waals surface area contributed by atoms with Gasteiger partial charge in [-0.3, -0.25) is 4.79 Å². The zero-order valence-corrected chi connectivity index (χ0v) is 12.8. The van der Waals surface area contributed by atoms with Gasteiger partial charge in [0.05, 0.1) is 6.04 Å². The summed E-state index contributed by atoms with van der Waals surface area (Å²) in [5.74, 6) is 0.280. The molecule has 2 atom stereocenters.